The van der Waals surface area contributed by atoms with Crippen molar-refractivity contribution in [2.24, 2.45) is 0 Å². The van der Waals surface area contributed by atoms with Gasteiger partial charge >= 0.3 is 0 Å². The lowest BCUT2D eigenvalue weighted by Crippen LogP contribution is -2.00. The quantitative estimate of drug-likeness (QED) is 0.864. The first-order valence-corrected chi connectivity index (χ1v) is 6.03. The van der Waals surface area contributed by atoms with Crippen molar-refractivity contribution >= 4 is 11.5 Å². The SMILES string of the molecule is Cc1ccc([C@@H](O)c2cc(C)ns2)c(C)c1. The van der Waals surface area contributed by atoms with E-state index in [2.05, 4.69) is 17.4 Å². The molecule has 0 unspecified atom stereocenters. The number of benzene rings is 1. The number of nitrogens with zero attached hydrogens (tertiary/aromatic N) is 1. The Kier molecular flexibility index (Phi) is 3.08. The number of aryl methyl sites for hydroxylation is 3. The molecule has 1 atom stereocenters. The van der Waals surface area contributed by atoms with E-state index in [4.69, 9.17) is 0 Å². The van der Waals surface area contributed by atoms with E-state index in [1.165, 1.54) is 17.1 Å². The van der Waals surface area contributed by atoms with Crippen molar-refractivity contribution in [1.29, 1.82) is 0 Å². The number of rotatable bonds is 2. The monoisotopic (exact) mass is 233 g/mol. The number of hydrogen-bond acceptors (Lipinski definition) is 3. The summed E-state index contributed by atoms with van der Waals surface area (Å²) in [6.45, 7) is 6.02. The second-order valence-corrected chi connectivity index (χ2v) is 4.97. The van der Waals surface area contributed by atoms with Crippen LogP contribution in [0.1, 0.15) is 33.4 Å². The van der Waals surface area contributed by atoms with E-state index in [0.29, 0.717) is 0 Å². The highest BCUT2D eigenvalue weighted by atomic mass is 32.1. The molecular formula is C13H15NOS. The second kappa shape index (κ2) is 4.36. The average molecular weight is 233 g/mol. The third-order valence-electron chi connectivity index (χ3n) is 2.64. The van der Waals surface area contributed by atoms with E-state index in [1.54, 1.807) is 0 Å². The zero-order valence-corrected chi connectivity index (χ0v) is 10.5. The van der Waals surface area contributed by atoms with Crippen LogP contribution < -0.4 is 0 Å². The van der Waals surface area contributed by atoms with Gasteiger partial charge in [-0.2, -0.15) is 4.37 Å². The van der Waals surface area contributed by atoms with Crippen LogP contribution in [0.25, 0.3) is 0 Å². The standard InChI is InChI=1S/C13H15NOS/c1-8-4-5-11(9(2)6-8)13(15)12-7-10(3)14-16-12/h4-7,13,15H,1-3H3/t13-/m1/s1. The Hall–Kier alpha value is -1.19. The van der Waals surface area contributed by atoms with Gasteiger partial charge in [0, 0.05) is 0 Å². The van der Waals surface area contributed by atoms with Gasteiger partial charge in [0.15, 0.2) is 0 Å². The molecule has 3 heteroatoms. The Morgan fingerprint density at radius 1 is 1.19 bits per heavy atom. The Morgan fingerprint density at radius 3 is 2.50 bits per heavy atom. The van der Waals surface area contributed by atoms with Crippen molar-refractivity contribution in [3.05, 3.63) is 51.5 Å². The molecule has 0 bridgehead atoms. The molecule has 0 spiro atoms. The summed E-state index contributed by atoms with van der Waals surface area (Å²) in [7, 11) is 0. The number of aliphatic hydroxyl groups is 1. The van der Waals surface area contributed by atoms with Crippen molar-refractivity contribution in [2.75, 3.05) is 0 Å². The molecule has 84 valence electrons. The lowest BCUT2D eigenvalue weighted by molar-refractivity contribution is 0.223. The number of hydrogen-bond donors (Lipinski definition) is 1. The minimum absolute atomic E-state index is 0.549. The average Bonchev–Trinajstić information content (AvgIpc) is 2.64. The minimum Gasteiger partial charge on any atom is -0.383 e. The van der Waals surface area contributed by atoms with E-state index < -0.39 is 6.10 Å². The molecule has 0 amide bonds. The van der Waals surface area contributed by atoms with E-state index in [0.717, 1.165) is 21.7 Å². The predicted octanol–water partition coefficient (Wildman–Crippen LogP) is 3.15. The smallest absolute Gasteiger partial charge is 0.115 e. The van der Waals surface area contributed by atoms with Crippen LogP contribution >= 0.6 is 11.5 Å². The topological polar surface area (TPSA) is 33.1 Å². The van der Waals surface area contributed by atoms with Gasteiger partial charge in [-0.1, -0.05) is 23.8 Å². The highest BCUT2D eigenvalue weighted by Crippen LogP contribution is 2.28. The summed E-state index contributed by atoms with van der Waals surface area (Å²) in [6, 6.07) is 8.05. The fourth-order valence-corrected chi connectivity index (χ4v) is 2.55. The Balaban J connectivity index is 2.37. The third-order valence-corrected chi connectivity index (χ3v) is 3.57. The fraction of sp³-hybridized carbons (Fsp3) is 0.308. The summed E-state index contributed by atoms with van der Waals surface area (Å²) in [4.78, 5) is 0.907. The molecule has 0 radical (unpaired) electrons. The molecule has 0 aliphatic heterocycles. The largest absolute Gasteiger partial charge is 0.383 e. The molecule has 0 saturated heterocycles. The van der Waals surface area contributed by atoms with Crippen molar-refractivity contribution < 1.29 is 5.11 Å². The summed E-state index contributed by atoms with van der Waals surface area (Å²) in [6.07, 6.45) is -0.549. The molecule has 1 N–H and O–H groups in total. The van der Waals surface area contributed by atoms with Crippen LogP contribution in [0.15, 0.2) is 24.3 Å². The van der Waals surface area contributed by atoms with Crippen molar-refractivity contribution in [2.45, 2.75) is 26.9 Å². The molecule has 0 aliphatic carbocycles. The normalized spacial score (nSPS) is 12.8. The van der Waals surface area contributed by atoms with Crippen LogP contribution in [0.5, 0.6) is 0 Å². The summed E-state index contributed by atoms with van der Waals surface area (Å²) in [5.74, 6) is 0. The highest BCUT2D eigenvalue weighted by molar-refractivity contribution is 7.05. The van der Waals surface area contributed by atoms with E-state index in [9.17, 15) is 5.11 Å². The van der Waals surface area contributed by atoms with Gasteiger partial charge < -0.3 is 5.11 Å². The molecule has 16 heavy (non-hydrogen) atoms. The Morgan fingerprint density at radius 2 is 1.94 bits per heavy atom. The molecule has 0 aliphatic rings. The zero-order valence-electron chi connectivity index (χ0n) is 9.69. The van der Waals surface area contributed by atoms with E-state index >= 15 is 0 Å². The van der Waals surface area contributed by atoms with Crippen molar-refractivity contribution in [1.82, 2.24) is 4.37 Å². The molecule has 2 nitrogen and oxygen atoms in total. The molecule has 1 aromatic carbocycles. The lowest BCUT2D eigenvalue weighted by atomic mass is 10.0. The van der Waals surface area contributed by atoms with Gasteiger partial charge in [-0.05, 0) is 49.5 Å². The van der Waals surface area contributed by atoms with Gasteiger partial charge in [-0.3, -0.25) is 0 Å². The molecule has 2 aromatic rings. The summed E-state index contributed by atoms with van der Waals surface area (Å²) in [5, 5.41) is 10.2. The maximum Gasteiger partial charge on any atom is 0.115 e. The van der Waals surface area contributed by atoms with Crippen LogP contribution in [-0.4, -0.2) is 9.48 Å². The summed E-state index contributed by atoms with van der Waals surface area (Å²) < 4.78 is 4.19. The van der Waals surface area contributed by atoms with Crippen LogP contribution in [0.4, 0.5) is 0 Å². The molecule has 1 heterocycles. The van der Waals surface area contributed by atoms with Gasteiger partial charge in [-0.15, -0.1) is 0 Å². The first-order valence-electron chi connectivity index (χ1n) is 5.26. The molecular weight excluding hydrogens is 218 g/mol. The predicted molar refractivity (Wildman–Crippen MR) is 66.8 cm³/mol. The summed E-state index contributed by atoms with van der Waals surface area (Å²) in [5.41, 5.74) is 4.27. The van der Waals surface area contributed by atoms with Crippen LogP contribution in [0.3, 0.4) is 0 Å². The maximum atomic E-state index is 10.2. The van der Waals surface area contributed by atoms with Gasteiger partial charge in [0.05, 0.1) is 10.6 Å². The lowest BCUT2D eigenvalue weighted by Gasteiger charge is -2.12. The third kappa shape index (κ3) is 2.15. The first-order chi connectivity index (χ1) is 7.58. The van der Waals surface area contributed by atoms with Crippen LogP contribution in [0.2, 0.25) is 0 Å². The van der Waals surface area contributed by atoms with Gasteiger partial charge in [0.1, 0.15) is 6.10 Å². The van der Waals surface area contributed by atoms with Crippen molar-refractivity contribution in [3.8, 4) is 0 Å². The fourth-order valence-electron chi connectivity index (χ4n) is 1.80. The molecule has 2 rings (SSSR count). The van der Waals surface area contributed by atoms with Crippen LogP contribution in [-0.2, 0) is 0 Å². The second-order valence-electron chi connectivity index (χ2n) is 4.13. The van der Waals surface area contributed by atoms with E-state index in [-0.39, 0.29) is 0 Å². The number of aromatic nitrogens is 1. The maximum absolute atomic E-state index is 10.2. The zero-order chi connectivity index (χ0) is 11.7. The van der Waals surface area contributed by atoms with Crippen molar-refractivity contribution in [3.63, 3.8) is 0 Å². The number of aliphatic hydroxyl groups excluding tert-OH is 1. The minimum atomic E-state index is -0.549. The Bertz CT molecular complexity index is 504. The molecule has 1 aromatic heterocycles. The first kappa shape index (κ1) is 11.3. The highest BCUT2D eigenvalue weighted by Gasteiger charge is 2.15. The Labute approximate surface area is 99.7 Å². The van der Waals surface area contributed by atoms with Gasteiger partial charge in [0.25, 0.3) is 0 Å². The van der Waals surface area contributed by atoms with Gasteiger partial charge in [0.2, 0.25) is 0 Å². The molecule has 0 fully saturated rings. The molecule has 0 saturated carbocycles. The summed E-state index contributed by atoms with van der Waals surface area (Å²) >= 11 is 1.37. The van der Waals surface area contributed by atoms with E-state index in [1.807, 2.05) is 32.0 Å². The van der Waals surface area contributed by atoms with Crippen LogP contribution in [0, 0.1) is 20.8 Å². The van der Waals surface area contributed by atoms with Gasteiger partial charge in [-0.25, -0.2) is 0 Å².